The fourth-order valence-corrected chi connectivity index (χ4v) is 3.31. The molecule has 3 heteroatoms. The molecule has 0 amide bonds. The summed E-state index contributed by atoms with van der Waals surface area (Å²) < 4.78 is 5.70. The molecule has 0 atom stereocenters. The molecule has 0 bridgehead atoms. The zero-order valence-electron chi connectivity index (χ0n) is 10.2. The summed E-state index contributed by atoms with van der Waals surface area (Å²) in [6.07, 6.45) is 9.25. The number of ether oxygens (including phenoxy) is 1. The van der Waals surface area contributed by atoms with Crippen LogP contribution in [0.25, 0.3) is 0 Å². The molecule has 1 aliphatic carbocycles. The van der Waals surface area contributed by atoms with Gasteiger partial charge in [0.2, 0.25) is 0 Å². The summed E-state index contributed by atoms with van der Waals surface area (Å²) in [6.45, 7) is 2.33. The Balaban J connectivity index is 1.89. The minimum atomic E-state index is 0.200. The molecule has 0 aromatic rings. The number of hydrogen-bond donors (Lipinski definition) is 0. The van der Waals surface area contributed by atoms with Gasteiger partial charge in [0.25, 0.3) is 0 Å². The third-order valence-electron chi connectivity index (χ3n) is 4.03. The number of carbonyl (C=O) groups excluding carboxylic acids is 1. The Morgan fingerprint density at radius 3 is 3.17 bits per heavy atom. The number of fused-ring (bicyclic) bond motifs is 1. The van der Waals surface area contributed by atoms with Crippen molar-refractivity contribution in [1.29, 1.82) is 0 Å². The van der Waals surface area contributed by atoms with Crippen LogP contribution in [0.2, 0.25) is 0 Å². The van der Waals surface area contributed by atoms with Crippen LogP contribution in [0.15, 0.2) is 46.4 Å². The fraction of sp³-hybridized carbons (Fsp3) is 0.400. The van der Waals surface area contributed by atoms with E-state index in [0.29, 0.717) is 6.42 Å². The molecular weight excluding hydrogens is 226 g/mol. The predicted octanol–water partition coefficient (Wildman–Crippen LogP) is 2.09. The summed E-state index contributed by atoms with van der Waals surface area (Å²) in [4.78, 5) is 14.0. The molecule has 92 valence electrons. The molecule has 3 heterocycles. The van der Waals surface area contributed by atoms with Crippen molar-refractivity contribution in [1.82, 2.24) is 4.90 Å². The second-order valence-corrected chi connectivity index (χ2v) is 5.24. The lowest BCUT2D eigenvalue weighted by Crippen LogP contribution is -2.34. The standard InChI is InChI=1S/C15H15NO2/c17-12-8-11-7-10-3-1-5-16-6-2-4-13(14(10)16)15(11)18-9-12/h2-4H,1,5-9H2. The van der Waals surface area contributed by atoms with Gasteiger partial charge in [-0.1, -0.05) is 18.2 Å². The van der Waals surface area contributed by atoms with E-state index in [1.54, 1.807) is 0 Å². The summed E-state index contributed by atoms with van der Waals surface area (Å²) in [6, 6.07) is 0. The van der Waals surface area contributed by atoms with Gasteiger partial charge in [-0.15, -0.1) is 0 Å². The molecule has 0 saturated heterocycles. The molecule has 4 aliphatic rings. The molecule has 3 nitrogen and oxygen atoms in total. The van der Waals surface area contributed by atoms with E-state index in [1.807, 2.05) is 0 Å². The highest BCUT2D eigenvalue weighted by atomic mass is 16.5. The maximum absolute atomic E-state index is 11.5. The van der Waals surface area contributed by atoms with E-state index < -0.39 is 0 Å². The van der Waals surface area contributed by atoms with Crippen molar-refractivity contribution >= 4 is 5.78 Å². The van der Waals surface area contributed by atoms with E-state index in [2.05, 4.69) is 23.1 Å². The first-order valence-corrected chi connectivity index (χ1v) is 6.55. The number of Topliss-reactive ketones (excluding diaryl/α,β-unsaturated/α-hetero) is 1. The smallest absolute Gasteiger partial charge is 0.174 e. The van der Waals surface area contributed by atoms with Gasteiger partial charge in [0, 0.05) is 25.1 Å². The third-order valence-corrected chi connectivity index (χ3v) is 4.03. The molecule has 4 rings (SSSR count). The predicted molar refractivity (Wildman–Crippen MR) is 67.7 cm³/mol. The molecular formula is C15H15NO2. The molecule has 0 unspecified atom stereocenters. The number of allylic oxidation sites excluding steroid dienone is 3. The van der Waals surface area contributed by atoms with Crippen LogP contribution in [0, 0.1) is 0 Å². The molecule has 0 N–H and O–H groups in total. The van der Waals surface area contributed by atoms with Gasteiger partial charge in [-0.3, -0.25) is 4.79 Å². The highest BCUT2D eigenvalue weighted by Gasteiger charge is 2.34. The second-order valence-electron chi connectivity index (χ2n) is 5.24. The number of nitrogens with zero attached hydrogens (tertiary/aromatic N) is 1. The average Bonchev–Trinajstić information content (AvgIpc) is 2.39. The number of hydrogen-bond acceptors (Lipinski definition) is 3. The summed E-state index contributed by atoms with van der Waals surface area (Å²) >= 11 is 0. The van der Waals surface area contributed by atoms with Crippen LogP contribution in [-0.2, 0) is 9.53 Å². The first-order valence-electron chi connectivity index (χ1n) is 6.55. The minimum absolute atomic E-state index is 0.200. The Morgan fingerprint density at radius 1 is 1.28 bits per heavy atom. The van der Waals surface area contributed by atoms with Gasteiger partial charge >= 0.3 is 0 Å². The van der Waals surface area contributed by atoms with E-state index in [0.717, 1.165) is 31.7 Å². The first kappa shape index (κ1) is 10.2. The minimum Gasteiger partial charge on any atom is -0.485 e. The van der Waals surface area contributed by atoms with Gasteiger partial charge in [0.15, 0.2) is 5.78 Å². The van der Waals surface area contributed by atoms with Crippen molar-refractivity contribution in [2.45, 2.75) is 19.3 Å². The summed E-state index contributed by atoms with van der Waals surface area (Å²) in [5.41, 5.74) is 5.10. The van der Waals surface area contributed by atoms with Gasteiger partial charge in [-0.25, -0.2) is 0 Å². The second kappa shape index (κ2) is 3.61. The molecule has 0 aromatic carbocycles. The maximum Gasteiger partial charge on any atom is 0.174 e. The largest absolute Gasteiger partial charge is 0.485 e. The number of carbonyl (C=O) groups is 1. The van der Waals surface area contributed by atoms with Crippen LogP contribution in [0.5, 0.6) is 0 Å². The van der Waals surface area contributed by atoms with Crippen LogP contribution in [0.4, 0.5) is 0 Å². The van der Waals surface area contributed by atoms with Crippen LogP contribution >= 0.6 is 0 Å². The normalized spacial score (nSPS) is 25.7. The van der Waals surface area contributed by atoms with E-state index in [1.165, 1.54) is 22.4 Å². The fourth-order valence-electron chi connectivity index (χ4n) is 3.31. The zero-order valence-corrected chi connectivity index (χ0v) is 10.2. The van der Waals surface area contributed by atoms with Crippen molar-refractivity contribution in [3.05, 3.63) is 46.4 Å². The Bertz CT molecular complexity index is 563. The Morgan fingerprint density at radius 2 is 2.22 bits per heavy atom. The molecule has 0 radical (unpaired) electrons. The molecule has 0 aromatic heterocycles. The number of rotatable bonds is 0. The van der Waals surface area contributed by atoms with E-state index in [4.69, 9.17) is 4.74 Å². The van der Waals surface area contributed by atoms with E-state index in [-0.39, 0.29) is 12.4 Å². The van der Waals surface area contributed by atoms with Crippen LogP contribution in [0.3, 0.4) is 0 Å². The van der Waals surface area contributed by atoms with Gasteiger partial charge in [-0.2, -0.15) is 0 Å². The molecule has 3 aliphatic heterocycles. The Labute approximate surface area is 106 Å². The van der Waals surface area contributed by atoms with Gasteiger partial charge in [-0.05, 0) is 24.0 Å². The average molecular weight is 241 g/mol. The SMILES string of the molecule is O=C1COC2=C(C1)CC1=CCCN3CC=CC2=C13. The van der Waals surface area contributed by atoms with Crippen LogP contribution in [0.1, 0.15) is 19.3 Å². The van der Waals surface area contributed by atoms with E-state index >= 15 is 0 Å². The van der Waals surface area contributed by atoms with Crippen LogP contribution in [-0.4, -0.2) is 30.4 Å². The van der Waals surface area contributed by atoms with Crippen molar-refractivity contribution in [3.8, 4) is 0 Å². The quantitative estimate of drug-likeness (QED) is 0.650. The van der Waals surface area contributed by atoms with Gasteiger partial charge in [0.05, 0.1) is 5.70 Å². The maximum atomic E-state index is 11.5. The first-order chi connectivity index (χ1) is 8.83. The molecule has 18 heavy (non-hydrogen) atoms. The topological polar surface area (TPSA) is 29.5 Å². The molecule has 0 saturated carbocycles. The monoisotopic (exact) mass is 241 g/mol. The van der Waals surface area contributed by atoms with Crippen molar-refractivity contribution in [2.75, 3.05) is 19.7 Å². The molecule has 0 spiro atoms. The summed E-state index contributed by atoms with van der Waals surface area (Å²) in [5, 5.41) is 0. The third kappa shape index (κ3) is 1.33. The van der Waals surface area contributed by atoms with E-state index in [9.17, 15) is 4.79 Å². The van der Waals surface area contributed by atoms with Crippen molar-refractivity contribution < 1.29 is 9.53 Å². The highest BCUT2D eigenvalue weighted by Crippen LogP contribution is 2.43. The van der Waals surface area contributed by atoms with Crippen LogP contribution < -0.4 is 0 Å². The summed E-state index contributed by atoms with van der Waals surface area (Å²) in [5.74, 6) is 1.18. The van der Waals surface area contributed by atoms with Crippen molar-refractivity contribution in [2.24, 2.45) is 0 Å². The lowest BCUT2D eigenvalue weighted by atomic mass is 9.83. The summed E-state index contributed by atoms with van der Waals surface area (Å²) in [7, 11) is 0. The lowest BCUT2D eigenvalue weighted by Gasteiger charge is -2.39. The van der Waals surface area contributed by atoms with Crippen molar-refractivity contribution in [3.63, 3.8) is 0 Å². The number of ketones is 1. The lowest BCUT2D eigenvalue weighted by molar-refractivity contribution is -0.122. The van der Waals surface area contributed by atoms with Gasteiger partial charge < -0.3 is 9.64 Å². The van der Waals surface area contributed by atoms with Gasteiger partial charge in [0.1, 0.15) is 12.4 Å². The highest BCUT2D eigenvalue weighted by molar-refractivity contribution is 5.84. The molecule has 0 fully saturated rings. The Kier molecular flexibility index (Phi) is 2.04. The zero-order chi connectivity index (χ0) is 12.1. The Hall–Kier alpha value is -1.77.